The zero-order valence-corrected chi connectivity index (χ0v) is 16.8. The van der Waals surface area contributed by atoms with Gasteiger partial charge in [0.05, 0.1) is 11.3 Å². The third kappa shape index (κ3) is 3.38. The highest BCUT2D eigenvalue weighted by molar-refractivity contribution is 7.13. The predicted octanol–water partition coefficient (Wildman–Crippen LogP) is 6.57. The van der Waals surface area contributed by atoms with Crippen molar-refractivity contribution in [1.82, 2.24) is 9.97 Å². The van der Waals surface area contributed by atoms with E-state index < -0.39 is 0 Å². The third-order valence-corrected chi connectivity index (χ3v) is 5.94. The van der Waals surface area contributed by atoms with Gasteiger partial charge in [0.2, 0.25) is 10.7 Å². The number of nitrogens with zero attached hydrogens (tertiary/aromatic N) is 3. The molecule has 0 saturated carbocycles. The molecule has 2 aromatic carbocycles. The van der Waals surface area contributed by atoms with E-state index in [0.717, 1.165) is 32.8 Å². The molecule has 7 heteroatoms. The van der Waals surface area contributed by atoms with E-state index in [2.05, 4.69) is 16.0 Å². The smallest absolute Gasteiger partial charge is 0.232 e. The average Bonchev–Trinajstić information content (AvgIpc) is 3.40. The van der Waals surface area contributed by atoms with E-state index in [-0.39, 0.29) is 0 Å². The van der Waals surface area contributed by atoms with Crippen LogP contribution in [-0.2, 0) is 0 Å². The molecule has 0 atom stereocenters. The summed E-state index contributed by atoms with van der Waals surface area (Å²) in [7, 11) is 0. The van der Waals surface area contributed by atoms with Crippen LogP contribution in [0.5, 0.6) is 0 Å². The number of para-hydroxylation sites is 1. The van der Waals surface area contributed by atoms with Crippen LogP contribution in [0.25, 0.3) is 32.8 Å². The highest BCUT2D eigenvalue weighted by atomic mass is 35.5. The molecule has 0 aliphatic carbocycles. The molecule has 0 N–H and O–H groups in total. The lowest BCUT2D eigenvalue weighted by Gasteiger charge is -2.02. The third-order valence-electron chi connectivity index (χ3n) is 4.15. The molecule has 4 nitrogen and oxygen atoms in total. The van der Waals surface area contributed by atoms with Gasteiger partial charge in [0.1, 0.15) is 10.6 Å². The van der Waals surface area contributed by atoms with Gasteiger partial charge in [-0.15, -0.1) is 22.7 Å². The molecular weight excluding hydrogens is 410 g/mol. The van der Waals surface area contributed by atoms with E-state index in [9.17, 15) is 0 Å². The molecule has 5 rings (SSSR count). The van der Waals surface area contributed by atoms with Crippen molar-refractivity contribution in [2.24, 2.45) is 4.99 Å². The van der Waals surface area contributed by atoms with Crippen molar-refractivity contribution in [3.8, 4) is 21.8 Å². The summed E-state index contributed by atoms with van der Waals surface area (Å²) in [6.07, 6.45) is 1.73. The minimum atomic E-state index is 0.505. The lowest BCUT2D eigenvalue weighted by molar-refractivity contribution is 0.547. The standard InChI is InChI=1S/C21H12ClN3OS2/c22-15-7-5-13(6-8-15)17-12-28-20(24-17)16-11-14-3-1-2-4-18(14)26-19(16)25-21-23-9-10-27-21/h1-12H/b25-19-. The molecule has 0 radical (unpaired) electrons. The normalized spacial score (nSPS) is 12.0. The lowest BCUT2D eigenvalue weighted by Crippen LogP contribution is -2.05. The van der Waals surface area contributed by atoms with E-state index >= 15 is 0 Å². The molecule has 3 aromatic heterocycles. The van der Waals surface area contributed by atoms with E-state index in [1.54, 1.807) is 17.5 Å². The van der Waals surface area contributed by atoms with Crippen LogP contribution < -0.4 is 5.55 Å². The summed E-state index contributed by atoms with van der Waals surface area (Å²) in [4.78, 5) is 13.7. The minimum absolute atomic E-state index is 0.505. The Bertz CT molecular complexity index is 1320. The number of benzene rings is 2. The number of fused-ring (bicyclic) bond motifs is 1. The monoisotopic (exact) mass is 421 g/mol. The van der Waals surface area contributed by atoms with Gasteiger partial charge in [-0.1, -0.05) is 41.9 Å². The summed E-state index contributed by atoms with van der Waals surface area (Å²) in [5.74, 6) is 0. The zero-order chi connectivity index (χ0) is 18.9. The molecule has 0 spiro atoms. The fourth-order valence-electron chi connectivity index (χ4n) is 2.81. The topological polar surface area (TPSA) is 51.3 Å². The van der Waals surface area contributed by atoms with Crippen LogP contribution in [0, 0.1) is 0 Å². The molecule has 0 unspecified atom stereocenters. The summed E-state index contributed by atoms with van der Waals surface area (Å²) < 4.78 is 6.10. The highest BCUT2D eigenvalue weighted by Crippen LogP contribution is 2.30. The SMILES string of the molecule is Clc1ccc(-c2csc(-c3cc4ccccc4o/c3=N\c3nccs3)n2)cc1. The molecule has 136 valence electrons. The Kier molecular flexibility index (Phi) is 4.52. The van der Waals surface area contributed by atoms with Gasteiger partial charge in [0, 0.05) is 32.9 Å². The lowest BCUT2D eigenvalue weighted by atomic mass is 10.1. The van der Waals surface area contributed by atoms with E-state index in [1.165, 1.54) is 11.3 Å². The van der Waals surface area contributed by atoms with Crippen molar-refractivity contribution in [2.75, 3.05) is 0 Å². The Morgan fingerprint density at radius 2 is 1.86 bits per heavy atom. The van der Waals surface area contributed by atoms with Gasteiger partial charge < -0.3 is 4.42 Å². The molecule has 0 fully saturated rings. The van der Waals surface area contributed by atoms with Crippen molar-refractivity contribution in [3.05, 3.63) is 82.1 Å². The fourth-order valence-corrected chi connectivity index (χ4v) is 4.28. The Hall–Kier alpha value is -2.80. The van der Waals surface area contributed by atoms with Crippen molar-refractivity contribution in [2.45, 2.75) is 0 Å². The Balaban J connectivity index is 1.69. The predicted molar refractivity (Wildman–Crippen MR) is 115 cm³/mol. The molecule has 0 saturated heterocycles. The maximum Gasteiger partial charge on any atom is 0.232 e. The van der Waals surface area contributed by atoms with E-state index in [0.29, 0.717) is 15.7 Å². The molecule has 5 aromatic rings. The molecule has 0 amide bonds. The first kappa shape index (κ1) is 17.3. The Labute approximate surface area is 173 Å². The first-order valence-electron chi connectivity index (χ1n) is 8.45. The second-order valence-electron chi connectivity index (χ2n) is 5.97. The number of rotatable bonds is 3. The van der Waals surface area contributed by atoms with Crippen molar-refractivity contribution < 1.29 is 4.42 Å². The first-order valence-corrected chi connectivity index (χ1v) is 10.6. The molecule has 0 aliphatic heterocycles. The van der Waals surface area contributed by atoms with Crippen molar-refractivity contribution in [3.63, 3.8) is 0 Å². The molecule has 0 bridgehead atoms. The van der Waals surface area contributed by atoms with Crippen LogP contribution in [0.15, 0.2) is 81.0 Å². The molecule has 0 aliphatic rings. The van der Waals surface area contributed by atoms with Crippen LogP contribution in [0.4, 0.5) is 5.13 Å². The van der Waals surface area contributed by atoms with Gasteiger partial charge in [-0.3, -0.25) is 0 Å². The van der Waals surface area contributed by atoms with Crippen molar-refractivity contribution in [1.29, 1.82) is 0 Å². The molecule has 28 heavy (non-hydrogen) atoms. The number of hydrogen-bond donors (Lipinski definition) is 0. The van der Waals surface area contributed by atoms with Crippen LogP contribution in [0.2, 0.25) is 5.02 Å². The Morgan fingerprint density at radius 3 is 2.68 bits per heavy atom. The number of aromatic nitrogens is 2. The number of thiazole rings is 2. The largest absolute Gasteiger partial charge is 0.438 e. The zero-order valence-electron chi connectivity index (χ0n) is 14.4. The number of hydrogen-bond acceptors (Lipinski definition) is 6. The van der Waals surface area contributed by atoms with Crippen molar-refractivity contribution >= 4 is 50.4 Å². The van der Waals surface area contributed by atoms with Gasteiger partial charge in [0.15, 0.2) is 0 Å². The van der Waals surface area contributed by atoms with Crippen LogP contribution in [-0.4, -0.2) is 9.97 Å². The molecular formula is C21H12ClN3OS2. The summed E-state index contributed by atoms with van der Waals surface area (Å²) in [6, 6.07) is 17.6. The summed E-state index contributed by atoms with van der Waals surface area (Å²) >= 11 is 9.02. The summed E-state index contributed by atoms with van der Waals surface area (Å²) in [5.41, 5.74) is 4.04. The average molecular weight is 422 g/mol. The number of halogens is 1. The van der Waals surface area contributed by atoms with Gasteiger partial charge in [-0.2, -0.15) is 4.99 Å². The van der Waals surface area contributed by atoms with E-state index in [1.807, 2.05) is 59.3 Å². The fraction of sp³-hybridized carbons (Fsp3) is 0. The summed E-state index contributed by atoms with van der Waals surface area (Å²) in [6.45, 7) is 0. The quantitative estimate of drug-likeness (QED) is 0.331. The second kappa shape index (κ2) is 7.31. The Morgan fingerprint density at radius 1 is 1.00 bits per heavy atom. The van der Waals surface area contributed by atoms with Gasteiger partial charge in [0.25, 0.3) is 0 Å². The highest BCUT2D eigenvalue weighted by Gasteiger charge is 2.12. The summed E-state index contributed by atoms with van der Waals surface area (Å²) in [5, 5.41) is 7.11. The van der Waals surface area contributed by atoms with Gasteiger partial charge in [-0.25, -0.2) is 9.97 Å². The maximum absolute atomic E-state index is 6.10. The molecule has 3 heterocycles. The second-order valence-corrected chi connectivity index (χ2v) is 8.14. The van der Waals surface area contributed by atoms with Gasteiger partial charge in [-0.05, 0) is 24.3 Å². The first-order chi connectivity index (χ1) is 13.8. The van der Waals surface area contributed by atoms with E-state index in [4.69, 9.17) is 21.0 Å². The van der Waals surface area contributed by atoms with Gasteiger partial charge >= 0.3 is 0 Å². The maximum atomic E-state index is 6.10. The van der Waals surface area contributed by atoms with Crippen LogP contribution >= 0.6 is 34.3 Å². The minimum Gasteiger partial charge on any atom is -0.438 e. The van der Waals surface area contributed by atoms with Crippen LogP contribution in [0.3, 0.4) is 0 Å². The van der Waals surface area contributed by atoms with Crippen LogP contribution in [0.1, 0.15) is 0 Å².